The molecule has 252 valence electrons. The van der Waals surface area contributed by atoms with Crippen LogP contribution in [0.5, 0.6) is 0 Å². The second-order valence-corrected chi connectivity index (χ2v) is 17.6. The van der Waals surface area contributed by atoms with E-state index >= 15 is 0 Å². The second kappa shape index (κ2) is 12.6. The van der Waals surface area contributed by atoms with E-state index in [4.69, 9.17) is 0 Å². The van der Waals surface area contributed by atoms with Crippen molar-refractivity contribution < 1.29 is 23.4 Å². The number of rotatable bonds is 7. The monoisotopic (exact) mass is 643 g/mol. The van der Waals surface area contributed by atoms with Gasteiger partial charge in [0, 0.05) is 25.3 Å². The Kier molecular flexibility index (Phi) is 9.29. The van der Waals surface area contributed by atoms with E-state index in [1.807, 2.05) is 6.07 Å². The molecule has 2 unspecified atom stereocenters. The summed E-state index contributed by atoms with van der Waals surface area (Å²) in [6, 6.07) is 6.21. The van der Waals surface area contributed by atoms with Crippen LogP contribution < -0.4 is 14.9 Å². The van der Waals surface area contributed by atoms with Crippen molar-refractivity contribution in [1.29, 1.82) is 0 Å². The summed E-state index contributed by atoms with van der Waals surface area (Å²) < 4.78 is 28.6. The highest BCUT2D eigenvalue weighted by atomic mass is 32.2. The normalized spacial score (nSPS) is 40.5. The number of piperidine rings is 1. The Bertz CT molecular complexity index is 1330. The predicted molar refractivity (Wildman–Crippen MR) is 177 cm³/mol. The van der Waals surface area contributed by atoms with Crippen LogP contribution in [0.2, 0.25) is 0 Å². The molecule has 45 heavy (non-hydrogen) atoms. The Morgan fingerprint density at radius 2 is 1.71 bits per heavy atom. The van der Waals surface area contributed by atoms with Gasteiger partial charge >= 0.3 is 6.03 Å². The summed E-state index contributed by atoms with van der Waals surface area (Å²) in [7, 11) is -4.00. The van der Waals surface area contributed by atoms with E-state index in [-0.39, 0.29) is 45.7 Å². The molecule has 1 aliphatic heterocycles. The minimum Gasteiger partial charge on any atom is -0.393 e. The highest BCUT2D eigenvalue weighted by Crippen LogP contribution is 2.69. The van der Waals surface area contributed by atoms with Crippen LogP contribution in [0.4, 0.5) is 10.5 Å². The molecule has 4 saturated carbocycles. The number of carbonyl (C=O) groups is 1. The first-order valence-corrected chi connectivity index (χ1v) is 19.4. The van der Waals surface area contributed by atoms with Crippen LogP contribution in [0.3, 0.4) is 0 Å². The molecule has 1 aromatic carbocycles. The molecule has 2 amide bonds. The first-order chi connectivity index (χ1) is 21.4. The lowest BCUT2D eigenvalue weighted by Crippen LogP contribution is -2.62. The standard InChI is InChI=1S/C36H57N3O5S/c1-5-27-31-21-25(40)14-16-36(31,4)30-15-17-35(3)28(12-13-29(35)32(30)33(27)41)23(2)22-37-34(42)38-45(43,44)26-11-9-10-24(20-26)39-18-7-6-8-19-39/h9-11,20,23,25,27-33,40-41H,5-8,12-19,21-22H2,1-4H3,(H2,37,38,42)/t23?,25-,27-,28?,29+,30+,31+,32+,33-,35-,36-/m1/s1. The van der Waals surface area contributed by atoms with Crippen molar-refractivity contribution in [2.24, 2.45) is 52.3 Å². The Balaban J connectivity index is 1.10. The van der Waals surface area contributed by atoms with Crippen LogP contribution in [0, 0.1) is 52.3 Å². The summed E-state index contributed by atoms with van der Waals surface area (Å²) in [6.45, 7) is 11.5. The molecule has 4 aliphatic carbocycles. The van der Waals surface area contributed by atoms with Gasteiger partial charge in [0.25, 0.3) is 10.0 Å². The topological polar surface area (TPSA) is 119 Å². The lowest BCUT2D eigenvalue weighted by molar-refractivity contribution is -0.203. The number of nitrogens with one attached hydrogen (secondary N) is 2. The summed E-state index contributed by atoms with van der Waals surface area (Å²) in [6.07, 6.45) is 10.9. The quantitative estimate of drug-likeness (QED) is 0.293. The smallest absolute Gasteiger partial charge is 0.328 e. The van der Waals surface area contributed by atoms with E-state index in [0.29, 0.717) is 30.2 Å². The number of aliphatic hydroxyl groups excluding tert-OH is 2. The Morgan fingerprint density at radius 1 is 1.00 bits per heavy atom. The molecule has 1 aromatic rings. The molecule has 9 heteroatoms. The van der Waals surface area contributed by atoms with Crippen molar-refractivity contribution >= 4 is 21.7 Å². The van der Waals surface area contributed by atoms with Gasteiger partial charge in [0.2, 0.25) is 0 Å². The molecule has 0 spiro atoms. The maximum atomic E-state index is 13.1. The number of carbonyl (C=O) groups excluding carboxylic acids is 1. The van der Waals surface area contributed by atoms with E-state index in [1.54, 1.807) is 18.2 Å². The number of hydrogen-bond acceptors (Lipinski definition) is 6. The summed E-state index contributed by atoms with van der Waals surface area (Å²) in [5, 5.41) is 25.4. The number of hydrogen-bond donors (Lipinski definition) is 4. The van der Waals surface area contributed by atoms with Crippen LogP contribution in [0.15, 0.2) is 29.2 Å². The first kappa shape index (κ1) is 33.1. The van der Waals surface area contributed by atoms with Gasteiger partial charge in [-0.25, -0.2) is 17.9 Å². The Labute approximate surface area is 271 Å². The SMILES string of the molecule is CC[C@H]1[C@@H](O)[C@@H]2[C@H](CC[C@]3(C)C(C(C)CNC(=O)NS(=O)(=O)c4cccc(N5CCCCC5)c4)CC[C@@H]23)[C@@]2(C)CC[C@@H](O)C[C@@H]12. The Morgan fingerprint density at radius 3 is 2.44 bits per heavy atom. The van der Waals surface area contributed by atoms with E-state index in [2.05, 4.69) is 42.6 Å². The summed E-state index contributed by atoms with van der Waals surface area (Å²) in [4.78, 5) is 15.2. The average molecular weight is 644 g/mol. The fourth-order valence-electron chi connectivity index (χ4n) is 11.5. The maximum absolute atomic E-state index is 13.1. The molecule has 11 atom stereocenters. The lowest BCUT2D eigenvalue weighted by Gasteiger charge is -2.64. The van der Waals surface area contributed by atoms with Gasteiger partial charge in [-0.15, -0.1) is 0 Å². The molecule has 5 fully saturated rings. The number of fused-ring (bicyclic) bond motifs is 5. The fraction of sp³-hybridized carbons (Fsp3) is 0.806. The van der Waals surface area contributed by atoms with Crippen molar-refractivity contribution in [3.8, 4) is 0 Å². The molecule has 0 bridgehead atoms. The van der Waals surface area contributed by atoms with Gasteiger partial charge in [0.1, 0.15) is 0 Å². The zero-order chi connectivity index (χ0) is 32.1. The van der Waals surface area contributed by atoms with Crippen LogP contribution in [0.1, 0.15) is 98.3 Å². The van der Waals surface area contributed by atoms with Crippen molar-refractivity contribution in [3.63, 3.8) is 0 Å². The van der Waals surface area contributed by atoms with Gasteiger partial charge < -0.3 is 20.4 Å². The average Bonchev–Trinajstić information content (AvgIpc) is 3.38. The van der Waals surface area contributed by atoms with Gasteiger partial charge in [-0.3, -0.25) is 0 Å². The molecular formula is C36H57N3O5S. The summed E-state index contributed by atoms with van der Waals surface area (Å²) in [5.74, 6) is 2.41. The molecular weight excluding hydrogens is 586 g/mol. The van der Waals surface area contributed by atoms with Gasteiger partial charge in [-0.1, -0.05) is 40.2 Å². The number of aliphatic hydroxyl groups is 2. The molecule has 5 aliphatic rings. The highest BCUT2D eigenvalue weighted by molar-refractivity contribution is 7.90. The third-order valence-corrected chi connectivity index (χ3v) is 15.1. The number of anilines is 1. The molecule has 8 nitrogen and oxygen atoms in total. The first-order valence-electron chi connectivity index (χ1n) is 17.9. The number of nitrogens with zero attached hydrogens (tertiary/aromatic N) is 1. The fourth-order valence-corrected chi connectivity index (χ4v) is 12.5. The van der Waals surface area contributed by atoms with Crippen LogP contribution >= 0.6 is 0 Å². The maximum Gasteiger partial charge on any atom is 0.328 e. The molecule has 4 N–H and O–H groups in total. The highest BCUT2D eigenvalue weighted by Gasteiger charge is 2.64. The number of benzene rings is 1. The van der Waals surface area contributed by atoms with Crippen molar-refractivity contribution in [1.82, 2.24) is 10.0 Å². The summed E-state index contributed by atoms with van der Waals surface area (Å²) in [5.41, 5.74) is 1.13. The van der Waals surface area contributed by atoms with Gasteiger partial charge in [0.15, 0.2) is 0 Å². The van der Waals surface area contributed by atoms with Crippen molar-refractivity contribution in [2.75, 3.05) is 24.5 Å². The van der Waals surface area contributed by atoms with Crippen LogP contribution in [0.25, 0.3) is 0 Å². The van der Waals surface area contributed by atoms with Gasteiger partial charge in [-0.2, -0.15) is 0 Å². The van der Waals surface area contributed by atoms with Crippen molar-refractivity contribution in [2.45, 2.75) is 115 Å². The summed E-state index contributed by atoms with van der Waals surface area (Å²) >= 11 is 0. The zero-order valence-electron chi connectivity index (χ0n) is 27.9. The van der Waals surface area contributed by atoms with E-state index in [9.17, 15) is 23.4 Å². The van der Waals surface area contributed by atoms with Crippen LogP contribution in [-0.4, -0.2) is 56.5 Å². The van der Waals surface area contributed by atoms with E-state index in [0.717, 1.165) is 83.0 Å². The van der Waals surface area contributed by atoms with Gasteiger partial charge in [-0.05, 0) is 135 Å². The molecule has 1 heterocycles. The molecule has 1 saturated heterocycles. The lowest BCUT2D eigenvalue weighted by atomic mass is 9.41. The molecule has 0 aromatic heterocycles. The third kappa shape index (κ3) is 5.92. The number of urea groups is 1. The van der Waals surface area contributed by atoms with E-state index < -0.39 is 16.1 Å². The van der Waals surface area contributed by atoms with Crippen molar-refractivity contribution in [3.05, 3.63) is 24.3 Å². The third-order valence-electron chi connectivity index (χ3n) is 13.8. The number of amides is 2. The minimum absolute atomic E-state index is 0.0797. The van der Waals surface area contributed by atoms with E-state index in [1.165, 1.54) is 6.42 Å². The molecule has 0 radical (unpaired) electrons. The zero-order valence-corrected chi connectivity index (χ0v) is 28.7. The van der Waals surface area contributed by atoms with Gasteiger partial charge in [0.05, 0.1) is 17.1 Å². The molecule has 6 rings (SSSR count). The Hall–Kier alpha value is -1.84. The second-order valence-electron chi connectivity index (χ2n) is 16.0. The predicted octanol–water partition coefficient (Wildman–Crippen LogP) is 5.93. The van der Waals surface area contributed by atoms with Crippen LogP contribution in [-0.2, 0) is 10.0 Å². The largest absolute Gasteiger partial charge is 0.393 e. The number of sulfonamides is 1. The minimum atomic E-state index is -4.00.